The lowest BCUT2D eigenvalue weighted by Gasteiger charge is -2.17. The van der Waals surface area contributed by atoms with Crippen LogP contribution < -0.4 is 10.6 Å². The molecule has 0 heterocycles. The Morgan fingerprint density at radius 2 is 1.64 bits per heavy atom. The number of carbonyl (C=O) groups excluding carboxylic acids is 2. The maximum absolute atomic E-state index is 12.8. The number of carbonyl (C=O) groups is 2. The number of allylic oxidation sites excluding steroid dienone is 2. The predicted octanol–water partition coefficient (Wildman–Crippen LogP) is 5.25. The van der Waals surface area contributed by atoms with Crippen molar-refractivity contribution in [3.63, 3.8) is 0 Å². The molecule has 0 aromatic heterocycles. The van der Waals surface area contributed by atoms with Gasteiger partial charge in [-0.05, 0) is 55.7 Å². The molecule has 0 radical (unpaired) electrons. The molecule has 0 bridgehead atoms. The number of rotatable bonds is 4. The van der Waals surface area contributed by atoms with Crippen LogP contribution in [0.3, 0.4) is 0 Å². The lowest BCUT2D eigenvalue weighted by Crippen LogP contribution is -2.23. The van der Waals surface area contributed by atoms with Crippen molar-refractivity contribution in [3.8, 4) is 0 Å². The van der Waals surface area contributed by atoms with E-state index in [1.807, 2.05) is 12.2 Å². The first kappa shape index (κ1) is 19.7. The number of hydrogen-bond acceptors (Lipinski definition) is 2. The van der Waals surface area contributed by atoms with Crippen molar-refractivity contribution >= 4 is 23.2 Å². The molecule has 1 aliphatic rings. The summed E-state index contributed by atoms with van der Waals surface area (Å²) in [4.78, 5) is 24.7. The molecular formula is C21H19F3N2O2. The van der Waals surface area contributed by atoms with E-state index in [9.17, 15) is 22.8 Å². The minimum Gasteiger partial charge on any atom is -0.326 e. The summed E-state index contributed by atoms with van der Waals surface area (Å²) in [5.41, 5.74) is -0.0916. The molecule has 0 saturated carbocycles. The van der Waals surface area contributed by atoms with Crippen LogP contribution in [0, 0.1) is 5.92 Å². The molecule has 0 aliphatic heterocycles. The number of nitrogens with one attached hydrogen (secondary N) is 2. The molecule has 7 heteroatoms. The highest BCUT2D eigenvalue weighted by atomic mass is 19.4. The van der Waals surface area contributed by atoms with Crippen LogP contribution in [0.15, 0.2) is 60.7 Å². The summed E-state index contributed by atoms with van der Waals surface area (Å²) in [6.45, 7) is 0. The highest BCUT2D eigenvalue weighted by molar-refractivity contribution is 6.05. The molecule has 0 saturated heterocycles. The number of anilines is 2. The molecule has 28 heavy (non-hydrogen) atoms. The first-order valence-corrected chi connectivity index (χ1v) is 8.87. The van der Waals surface area contributed by atoms with Crippen LogP contribution in [0.5, 0.6) is 0 Å². The van der Waals surface area contributed by atoms with Crippen LogP contribution in [-0.2, 0) is 11.0 Å². The van der Waals surface area contributed by atoms with Gasteiger partial charge in [0.25, 0.3) is 5.91 Å². The molecule has 0 spiro atoms. The van der Waals surface area contributed by atoms with Gasteiger partial charge in [0, 0.05) is 22.9 Å². The van der Waals surface area contributed by atoms with E-state index >= 15 is 0 Å². The van der Waals surface area contributed by atoms with Crippen LogP contribution in [0.25, 0.3) is 0 Å². The van der Waals surface area contributed by atoms with Gasteiger partial charge in [0.15, 0.2) is 0 Å². The predicted molar refractivity (Wildman–Crippen MR) is 101 cm³/mol. The van der Waals surface area contributed by atoms with Gasteiger partial charge in [0.05, 0.1) is 5.56 Å². The quantitative estimate of drug-likeness (QED) is 0.703. The second kappa shape index (κ2) is 8.29. The van der Waals surface area contributed by atoms with Crippen LogP contribution in [0.1, 0.15) is 35.2 Å². The SMILES string of the molecule is O=C(Nc1cccc(C(F)(F)F)c1)c1cccc(NC(=O)[C@@H]2CC=CCC2)c1. The Morgan fingerprint density at radius 3 is 2.32 bits per heavy atom. The van der Waals surface area contributed by atoms with Gasteiger partial charge in [-0.15, -0.1) is 0 Å². The third-order valence-corrected chi connectivity index (χ3v) is 4.48. The lowest BCUT2D eigenvalue weighted by molar-refractivity contribution is -0.137. The largest absolute Gasteiger partial charge is 0.416 e. The molecule has 4 nitrogen and oxygen atoms in total. The summed E-state index contributed by atoms with van der Waals surface area (Å²) in [5.74, 6) is -0.775. The second-order valence-corrected chi connectivity index (χ2v) is 6.58. The van der Waals surface area contributed by atoms with Gasteiger partial charge < -0.3 is 10.6 Å². The zero-order valence-electron chi connectivity index (χ0n) is 14.9. The molecule has 0 fully saturated rings. The van der Waals surface area contributed by atoms with Crippen molar-refractivity contribution in [2.75, 3.05) is 10.6 Å². The van der Waals surface area contributed by atoms with E-state index in [4.69, 9.17) is 0 Å². The maximum atomic E-state index is 12.8. The normalized spacial score (nSPS) is 16.5. The Labute approximate surface area is 160 Å². The van der Waals surface area contributed by atoms with Gasteiger partial charge in [0.1, 0.15) is 0 Å². The van der Waals surface area contributed by atoms with Crippen LogP contribution in [-0.4, -0.2) is 11.8 Å². The summed E-state index contributed by atoms with van der Waals surface area (Å²) in [6.07, 6.45) is 1.85. The zero-order valence-corrected chi connectivity index (χ0v) is 14.9. The average molecular weight is 388 g/mol. The topological polar surface area (TPSA) is 58.2 Å². The summed E-state index contributed by atoms with van der Waals surface area (Å²) < 4.78 is 38.4. The van der Waals surface area contributed by atoms with Gasteiger partial charge in [0.2, 0.25) is 5.91 Å². The molecule has 2 aromatic carbocycles. The maximum Gasteiger partial charge on any atom is 0.416 e. The Hall–Kier alpha value is -3.09. The smallest absolute Gasteiger partial charge is 0.326 e. The van der Waals surface area contributed by atoms with Crippen LogP contribution in [0.2, 0.25) is 0 Å². The number of benzene rings is 2. The van der Waals surface area contributed by atoms with Crippen LogP contribution >= 0.6 is 0 Å². The molecular weight excluding hydrogens is 369 g/mol. The van der Waals surface area contributed by atoms with E-state index in [1.54, 1.807) is 12.1 Å². The Balaban J connectivity index is 1.69. The van der Waals surface area contributed by atoms with Crippen LogP contribution in [0.4, 0.5) is 24.5 Å². The fourth-order valence-corrected chi connectivity index (χ4v) is 2.99. The van der Waals surface area contributed by atoms with Gasteiger partial charge in [-0.1, -0.05) is 24.3 Å². The van der Waals surface area contributed by atoms with E-state index < -0.39 is 17.6 Å². The number of halogens is 3. The van der Waals surface area contributed by atoms with Gasteiger partial charge >= 0.3 is 6.18 Å². The van der Waals surface area contributed by atoms with E-state index in [1.165, 1.54) is 24.3 Å². The molecule has 146 valence electrons. The lowest BCUT2D eigenvalue weighted by atomic mass is 9.93. The minimum atomic E-state index is -4.49. The van der Waals surface area contributed by atoms with E-state index in [2.05, 4.69) is 10.6 Å². The van der Waals surface area contributed by atoms with Crippen molar-refractivity contribution < 1.29 is 22.8 Å². The molecule has 1 atom stereocenters. The van der Waals surface area contributed by atoms with E-state index in [0.717, 1.165) is 25.0 Å². The first-order valence-electron chi connectivity index (χ1n) is 8.87. The number of hydrogen-bond donors (Lipinski definition) is 2. The Kier molecular flexibility index (Phi) is 5.82. The van der Waals surface area contributed by atoms with Gasteiger partial charge in [-0.2, -0.15) is 13.2 Å². The van der Waals surface area contributed by atoms with Crippen molar-refractivity contribution in [2.45, 2.75) is 25.4 Å². The zero-order chi connectivity index (χ0) is 20.1. The molecule has 3 rings (SSSR count). The third-order valence-electron chi connectivity index (χ3n) is 4.48. The van der Waals surface area contributed by atoms with Crippen molar-refractivity contribution in [1.29, 1.82) is 0 Å². The highest BCUT2D eigenvalue weighted by Crippen LogP contribution is 2.30. The van der Waals surface area contributed by atoms with Gasteiger partial charge in [-0.25, -0.2) is 0 Å². The molecule has 1 aliphatic carbocycles. The average Bonchev–Trinajstić information content (AvgIpc) is 2.68. The molecule has 2 amide bonds. The Bertz CT molecular complexity index is 907. The second-order valence-electron chi connectivity index (χ2n) is 6.58. The van der Waals surface area contributed by atoms with Crippen molar-refractivity contribution in [1.82, 2.24) is 0 Å². The van der Waals surface area contributed by atoms with E-state index in [0.29, 0.717) is 12.1 Å². The fraction of sp³-hybridized carbons (Fsp3) is 0.238. The highest BCUT2D eigenvalue weighted by Gasteiger charge is 2.30. The monoisotopic (exact) mass is 388 g/mol. The summed E-state index contributed by atoms with van der Waals surface area (Å²) in [5, 5.41) is 5.25. The van der Waals surface area contributed by atoms with Crippen molar-refractivity contribution in [2.24, 2.45) is 5.92 Å². The molecule has 2 N–H and O–H groups in total. The van der Waals surface area contributed by atoms with Crippen molar-refractivity contribution in [3.05, 3.63) is 71.8 Å². The summed E-state index contributed by atoms with van der Waals surface area (Å²) in [6, 6.07) is 10.7. The number of amides is 2. The Morgan fingerprint density at radius 1 is 0.929 bits per heavy atom. The van der Waals surface area contributed by atoms with Gasteiger partial charge in [-0.3, -0.25) is 9.59 Å². The fourth-order valence-electron chi connectivity index (χ4n) is 2.99. The van der Waals surface area contributed by atoms with E-state index in [-0.39, 0.29) is 23.1 Å². The third kappa shape index (κ3) is 5.00. The summed E-state index contributed by atoms with van der Waals surface area (Å²) >= 11 is 0. The number of alkyl halides is 3. The molecule has 0 unspecified atom stereocenters. The first-order chi connectivity index (χ1) is 13.3. The summed E-state index contributed by atoms with van der Waals surface area (Å²) in [7, 11) is 0. The minimum absolute atomic E-state index is 0.0447. The standard InChI is InChI=1S/C21H19F3N2O2/c22-21(23,24)16-9-5-11-18(13-16)26-20(28)15-8-4-10-17(12-15)25-19(27)14-6-2-1-3-7-14/h1-2,4-5,8-14H,3,6-7H2,(H,25,27)(H,26,28)/t14-/m1/s1. The molecule has 2 aromatic rings.